The smallest absolute Gasteiger partial charge is 0.119 e. The number of nitrogens with one attached hydrogen (secondary N) is 1. The van der Waals surface area contributed by atoms with Crippen molar-refractivity contribution in [1.82, 2.24) is 5.32 Å². The SMILES string of the molecule is Cc1ccc(OC(C)CNC2CCCC2)cc1. The number of benzene rings is 1. The number of hydrogen-bond acceptors (Lipinski definition) is 2. The molecule has 1 aromatic carbocycles. The fourth-order valence-corrected chi connectivity index (χ4v) is 2.35. The average molecular weight is 233 g/mol. The summed E-state index contributed by atoms with van der Waals surface area (Å²) in [5.41, 5.74) is 1.27. The van der Waals surface area contributed by atoms with Crippen LogP contribution in [0, 0.1) is 6.92 Å². The molecule has 2 rings (SSSR count). The standard InChI is InChI=1S/C15H23NO/c1-12-7-9-15(10-8-12)17-13(2)11-16-14-5-3-4-6-14/h7-10,13-14,16H,3-6,11H2,1-2H3. The lowest BCUT2D eigenvalue weighted by molar-refractivity contribution is 0.211. The van der Waals surface area contributed by atoms with E-state index >= 15 is 0 Å². The third kappa shape index (κ3) is 4.04. The maximum Gasteiger partial charge on any atom is 0.119 e. The summed E-state index contributed by atoms with van der Waals surface area (Å²) in [6.45, 7) is 5.16. The Morgan fingerprint density at radius 1 is 1.24 bits per heavy atom. The van der Waals surface area contributed by atoms with Crippen molar-refractivity contribution >= 4 is 0 Å². The predicted octanol–water partition coefficient (Wildman–Crippen LogP) is 3.29. The van der Waals surface area contributed by atoms with Crippen LogP contribution in [0.15, 0.2) is 24.3 Å². The van der Waals surface area contributed by atoms with Gasteiger partial charge in [-0.15, -0.1) is 0 Å². The van der Waals surface area contributed by atoms with E-state index in [1.165, 1.54) is 31.2 Å². The Morgan fingerprint density at radius 2 is 1.88 bits per heavy atom. The summed E-state index contributed by atoms with van der Waals surface area (Å²) in [7, 11) is 0. The first-order valence-electron chi connectivity index (χ1n) is 6.71. The van der Waals surface area contributed by atoms with Gasteiger partial charge in [0.25, 0.3) is 0 Å². The van der Waals surface area contributed by atoms with Crippen molar-refractivity contribution in [1.29, 1.82) is 0 Å². The molecule has 1 aromatic rings. The molecule has 0 aliphatic heterocycles. The zero-order valence-corrected chi connectivity index (χ0v) is 10.9. The monoisotopic (exact) mass is 233 g/mol. The maximum atomic E-state index is 5.87. The molecule has 0 bridgehead atoms. The number of ether oxygens (including phenoxy) is 1. The maximum absolute atomic E-state index is 5.87. The first kappa shape index (κ1) is 12.4. The van der Waals surface area contributed by atoms with Gasteiger partial charge in [-0.05, 0) is 38.8 Å². The van der Waals surface area contributed by atoms with Gasteiger partial charge in [-0.2, -0.15) is 0 Å². The van der Waals surface area contributed by atoms with Gasteiger partial charge in [0.15, 0.2) is 0 Å². The molecule has 94 valence electrons. The molecule has 1 atom stereocenters. The minimum absolute atomic E-state index is 0.235. The van der Waals surface area contributed by atoms with Crippen LogP contribution in [0.3, 0.4) is 0 Å². The molecule has 1 N–H and O–H groups in total. The minimum Gasteiger partial charge on any atom is -0.489 e. The first-order valence-corrected chi connectivity index (χ1v) is 6.71. The van der Waals surface area contributed by atoms with Gasteiger partial charge in [-0.3, -0.25) is 0 Å². The van der Waals surface area contributed by atoms with Crippen molar-refractivity contribution in [2.75, 3.05) is 6.54 Å². The van der Waals surface area contributed by atoms with E-state index in [1.807, 2.05) is 12.1 Å². The van der Waals surface area contributed by atoms with Crippen LogP contribution in [-0.4, -0.2) is 18.7 Å². The average Bonchev–Trinajstić information content (AvgIpc) is 2.83. The minimum atomic E-state index is 0.235. The zero-order valence-electron chi connectivity index (χ0n) is 10.9. The Kier molecular flexibility index (Phi) is 4.43. The summed E-state index contributed by atoms with van der Waals surface area (Å²) < 4.78 is 5.87. The Bertz CT molecular complexity index is 327. The highest BCUT2D eigenvalue weighted by atomic mass is 16.5. The topological polar surface area (TPSA) is 21.3 Å². The summed E-state index contributed by atoms with van der Waals surface area (Å²) in [5.74, 6) is 0.969. The van der Waals surface area contributed by atoms with Crippen molar-refractivity contribution in [3.8, 4) is 5.75 Å². The van der Waals surface area contributed by atoms with Crippen LogP contribution in [-0.2, 0) is 0 Å². The van der Waals surface area contributed by atoms with Crippen molar-refractivity contribution in [3.05, 3.63) is 29.8 Å². The molecule has 1 unspecified atom stereocenters. The molecular weight excluding hydrogens is 210 g/mol. The number of hydrogen-bond donors (Lipinski definition) is 1. The van der Waals surface area contributed by atoms with Crippen LogP contribution < -0.4 is 10.1 Å². The Morgan fingerprint density at radius 3 is 2.53 bits per heavy atom. The number of aryl methyl sites for hydroxylation is 1. The van der Waals surface area contributed by atoms with E-state index < -0.39 is 0 Å². The lowest BCUT2D eigenvalue weighted by Gasteiger charge is -2.18. The first-order chi connectivity index (χ1) is 8.24. The summed E-state index contributed by atoms with van der Waals surface area (Å²) in [6, 6.07) is 8.99. The van der Waals surface area contributed by atoms with E-state index in [-0.39, 0.29) is 6.10 Å². The molecule has 1 saturated carbocycles. The van der Waals surface area contributed by atoms with E-state index in [0.717, 1.165) is 18.3 Å². The van der Waals surface area contributed by atoms with E-state index in [1.54, 1.807) is 0 Å². The van der Waals surface area contributed by atoms with Gasteiger partial charge in [0, 0.05) is 12.6 Å². The van der Waals surface area contributed by atoms with Crippen LogP contribution >= 0.6 is 0 Å². The molecule has 1 fully saturated rings. The summed E-state index contributed by atoms with van der Waals surface area (Å²) in [5, 5.41) is 3.59. The molecule has 1 aliphatic rings. The van der Waals surface area contributed by atoms with Gasteiger partial charge in [0.05, 0.1) is 0 Å². The fraction of sp³-hybridized carbons (Fsp3) is 0.600. The quantitative estimate of drug-likeness (QED) is 0.842. The van der Waals surface area contributed by atoms with Gasteiger partial charge in [0.1, 0.15) is 11.9 Å². The van der Waals surface area contributed by atoms with Crippen LogP contribution in [0.4, 0.5) is 0 Å². The van der Waals surface area contributed by atoms with Crippen LogP contribution in [0.1, 0.15) is 38.2 Å². The van der Waals surface area contributed by atoms with Crippen molar-refractivity contribution in [3.63, 3.8) is 0 Å². The third-order valence-corrected chi connectivity index (χ3v) is 3.41. The highest BCUT2D eigenvalue weighted by molar-refractivity contribution is 5.26. The molecule has 2 heteroatoms. The second-order valence-corrected chi connectivity index (χ2v) is 5.13. The molecular formula is C15H23NO. The second kappa shape index (κ2) is 6.06. The van der Waals surface area contributed by atoms with Gasteiger partial charge in [-0.25, -0.2) is 0 Å². The van der Waals surface area contributed by atoms with E-state index in [4.69, 9.17) is 4.74 Å². The molecule has 0 radical (unpaired) electrons. The fourth-order valence-electron chi connectivity index (χ4n) is 2.35. The molecule has 0 heterocycles. The Balaban J connectivity index is 1.72. The molecule has 17 heavy (non-hydrogen) atoms. The molecule has 0 aromatic heterocycles. The molecule has 2 nitrogen and oxygen atoms in total. The molecule has 0 spiro atoms. The number of rotatable bonds is 5. The molecule has 0 amide bonds. The summed E-state index contributed by atoms with van der Waals surface area (Å²) >= 11 is 0. The Labute approximate surface area is 104 Å². The van der Waals surface area contributed by atoms with Crippen molar-refractivity contribution in [2.24, 2.45) is 0 Å². The highest BCUT2D eigenvalue weighted by Crippen LogP contribution is 2.18. The lowest BCUT2D eigenvalue weighted by atomic mass is 10.2. The summed E-state index contributed by atoms with van der Waals surface area (Å²) in [4.78, 5) is 0. The van der Waals surface area contributed by atoms with E-state index in [2.05, 4.69) is 31.3 Å². The van der Waals surface area contributed by atoms with E-state index in [9.17, 15) is 0 Å². The van der Waals surface area contributed by atoms with Crippen molar-refractivity contribution in [2.45, 2.75) is 51.7 Å². The lowest BCUT2D eigenvalue weighted by Crippen LogP contribution is -2.35. The van der Waals surface area contributed by atoms with Crippen LogP contribution in [0.5, 0.6) is 5.75 Å². The van der Waals surface area contributed by atoms with Crippen LogP contribution in [0.2, 0.25) is 0 Å². The zero-order chi connectivity index (χ0) is 12.1. The predicted molar refractivity (Wildman–Crippen MR) is 71.5 cm³/mol. The van der Waals surface area contributed by atoms with Gasteiger partial charge in [-0.1, -0.05) is 30.5 Å². The Hall–Kier alpha value is -1.02. The van der Waals surface area contributed by atoms with E-state index in [0.29, 0.717) is 0 Å². The second-order valence-electron chi connectivity index (χ2n) is 5.13. The highest BCUT2D eigenvalue weighted by Gasteiger charge is 2.15. The normalized spacial score (nSPS) is 18.2. The van der Waals surface area contributed by atoms with Crippen LogP contribution in [0.25, 0.3) is 0 Å². The van der Waals surface area contributed by atoms with Crippen molar-refractivity contribution < 1.29 is 4.74 Å². The van der Waals surface area contributed by atoms with Gasteiger partial charge in [0.2, 0.25) is 0 Å². The van der Waals surface area contributed by atoms with Gasteiger partial charge >= 0.3 is 0 Å². The summed E-state index contributed by atoms with van der Waals surface area (Å²) in [6.07, 6.45) is 5.66. The largest absolute Gasteiger partial charge is 0.489 e. The third-order valence-electron chi connectivity index (χ3n) is 3.41. The molecule has 1 aliphatic carbocycles. The molecule has 0 saturated heterocycles. The van der Waals surface area contributed by atoms with Gasteiger partial charge < -0.3 is 10.1 Å².